The third-order valence-electron chi connectivity index (χ3n) is 13.0. The molecule has 0 heterocycles. The fourth-order valence-corrected chi connectivity index (χ4v) is 7.28. The van der Waals surface area contributed by atoms with E-state index in [-0.39, 0.29) is 243 Å². The molecule has 0 aromatic heterocycles. The molecule has 0 aliphatic carbocycles. The summed E-state index contributed by atoms with van der Waals surface area (Å²) in [4.78, 5) is 111. The van der Waals surface area contributed by atoms with Crippen LogP contribution in [0.5, 0.6) is 0 Å². The summed E-state index contributed by atoms with van der Waals surface area (Å²) in [7, 11) is 0. The van der Waals surface area contributed by atoms with E-state index < -0.39 is 133 Å². The molecule has 129 heavy (non-hydrogen) atoms. The standard InChI is InChI=1S/C21H40O10.C16H30O10.C15H28O10.C14H26O10.C13H24O10/c1-15(22)8-27-18(24)30-13-20(4,5)11-26-10-17(3)29-12-21(6,7)14-31-19(25)28-9-16(2)23;1-11(17)7-23-15(19)25-13(3)9-21-5-6-22-10-14(4)26-16(20)24-8-12(2)18;1-11(16)8-24-14(18)22-5-4-20-10-13(3)21-6-7-23-15(19)25-9-12(2)17;1-11(23-13(17)21-5-3-15)9-19-7-8-20-10-12(2)24-14(18)22-6-4-16;1-11(19-8-9-23-13(17)21-5-3-15)10-18-6-7-22-12(16)20-4-2-14/h15-17,22-23H,8-14H2,1-7H3;11-14,17-18H,5-10H2,1-4H3;11-13,16-17H,4-10H2,1-3H3;11-12,15-16H,3-10H2,1-2H3;11,14-15H,2-10H2,1H3. The fourth-order valence-electron chi connectivity index (χ4n) is 7.28. The molecule has 13 atom stereocenters. The van der Waals surface area contributed by atoms with Gasteiger partial charge in [-0.05, 0) is 90.0 Å². The van der Waals surface area contributed by atoms with E-state index in [0.29, 0.717) is 19.8 Å². The lowest BCUT2D eigenvalue weighted by atomic mass is 9.96. The van der Waals surface area contributed by atoms with Gasteiger partial charge in [-0.3, -0.25) is 0 Å². The molecule has 0 aromatic carbocycles. The Bertz CT molecular complexity index is 2660. The van der Waals surface area contributed by atoms with E-state index in [9.17, 15) is 47.9 Å². The number of hydrogen-bond acceptors (Lipinski definition) is 50. The lowest BCUT2D eigenvalue weighted by Crippen LogP contribution is -2.32. The zero-order valence-corrected chi connectivity index (χ0v) is 77.5. The van der Waals surface area contributed by atoms with Crippen LogP contribution in [0, 0.1) is 10.8 Å². The van der Waals surface area contributed by atoms with Crippen molar-refractivity contribution in [2.24, 2.45) is 10.8 Å². The van der Waals surface area contributed by atoms with Crippen molar-refractivity contribution >= 4 is 61.6 Å². The normalized spacial score (nSPS) is 14.0. The van der Waals surface area contributed by atoms with Crippen LogP contribution in [0.3, 0.4) is 0 Å². The molecule has 0 aliphatic heterocycles. The number of aliphatic hydroxyl groups excluding tert-OH is 10. The molecule has 0 bridgehead atoms. The van der Waals surface area contributed by atoms with Crippen LogP contribution in [-0.2, 0) is 142 Å². The van der Waals surface area contributed by atoms with E-state index in [1.54, 1.807) is 41.5 Å². The van der Waals surface area contributed by atoms with Crippen LogP contribution >= 0.6 is 0 Å². The van der Waals surface area contributed by atoms with Crippen LogP contribution in [0.4, 0.5) is 47.9 Å². The summed E-state index contributed by atoms with van der Waals surface area (Å²) in [5.74, 6) is 0. The first-order valence-corrected chi connectivity index (χ1v) is 41.3. The molecule has 10 N–H and O–H groups in total. The number of hydrogen-bond donors (Lipinski definition) is 10. The Balaban J connectivity index is -0.000000499. The lowest BCUT2D eigenvalue weighted by Gasteiger charge is -2.27. The molecule has 0 fully saturated rings. The molecule has 0 amide bonds. The number of aliphatic hydroxyl groups is 10. The Morgan fingerprint density at radius 3 is 0.643 bits per heavy atom. The van der Waals surface area contributed by atoms with Crippen LogP contribution in [0.2, 0.25) is 0 Å². The third kappa shape index (κ3) is 103. The van der Waals surface area contributed by atoms with Gasteiger partial charge in [0.1, 0.15) is 130 Å². The van der Waals surface area contributed by atoms with Crippen molar-refractivity contribution in [2.45, 2.75) is 197 Å². The van der Waals surface area contributed by atoms with Crippen LogP contribution in [0.15, 0.2) is 0 Å². The van der Waals surface area contributed by atoms with E-state index in [4.69, 9.17) is 146 Å². The van der Waals surface area contributed by atoms with Gasteiger partial charge < -0.3 is 193 Å². The summed E-state index contributed by atoms with van der Waals surface area (Å²) >= 11 is 0. The molecule has 0 saturated carbocycles. The minimum Gasteiger partial charge on any atom is -0.434 e. The van der Waals surface area contributed by atoms with Gasteiger partial charge >= 0.3 is 61.6 Å². The van der Waals surface area contributed by atoms with Gasteiger partial charge in [0.25, 0.3) is 0 Å². The lowest BCUT2D eigenvalue weighted by molar-refractivity contribution is -0.0706. The summed E-state index contributed by atoms with van der Waals surface area (Å²) in [6.07, 6.45) is -15.8. The molecule has 0 rings (SSSR count). The van der Waals surface area contributed by atoms with E-state index >= 15 is 0 Å². The molecule has 50 heteroatoms. The zero-order valence-electron chi connectivity index (χ0n) is 77.5. The average molecular weight is 1900 g/mol. The van der Waals surface area contributed by atoms with Crippen LogP contribution in [0.25, 0.3) is 0 Å². The molecule has 0 spiro atoms. The van der Waals surface area contributed by atoms with Crippen molar-refractivity contribution in [1.82, 2.24) is 0 Å². The highest BCUT2D eigenvalue weighted by Crippen LogP contribution is 2.20. The second-order valence-electron chi connectivity index (χ2n) is 29.2. The molecule has 0 aromatic rings. The fraction of sp³-hybridized carbons (Fsp3) is 0.873. The monoisotopic (exact) mass is 1900 g/mol. The maximum absolute atomic E-state index is 11.5. The largest absolute Gasteiger partial charge is 0.508 e. The van der Waals surface area contributed by atoms with E-state index in [1.165, 1.54) is 41.5 Å². The highest BCUT2D eigenvalue weighted by molar-refractivity contribution is 5.63. The number of carbonyl (C=O) groups excluding carboxylic acids is 10. The Morgan fingerprint density at radius 2 is 0.380 bits per heavy atom. The van der Waals surface area contributed by atoms with E-state index in [2.05, 4.69) is 47.4 Å². The summed E-state index contributed by atoms with van der Waals surface area (Å²) in [5, 5.41) is 87.8. The van der Waals surface area contributed by atoms with Gasteiger partial charge in [-0.1, -0.05) is 27.7 Å². The van der Waals surface area contributed by atoms with Crippen LogP contribution in [0.1, 0.15) is 118 Å². The molecular weight excluding hydrogens is 1750 g/mol. The van der Waals surface area contributed by atoms with Crippen molar-refractivity contribution in [3.8, 4) is 0 Å². The third-order valence-corrected chi connectivity index (χ3v) is 13.0. The summed E-state index contributed by atoms with van der Waals surface area (Å²) in [6.45, 7) is 30.4. The van der Waals surface area contributed by atoms with Gasteiger partial charge in [-0.25, -0.2) is 47.9 Å². The summed E-state index contributed by atoms with van der Waals surface area (Å²) in [5.41, 5.74) is -0.860. The molecule has 0 aliphatic rings. The van der Waals surface area contributed by atoms with Crippen molar-refractivity contribution in [1.29, 1.82) is 0 Å². The van der Waals surface area contributed by atoms with Gasteiger partial charge in [0.15, 0.2) is 0 Å². The highest BCUT2D eigenvalue weighted by Gasteiger charge is 2.26. The number of rotatable bonds is 67. The topological polar surface area (TPSA) is 650 Å². The summed E-state index contributed by atoms with van der Waals surface area (Å²) in [6, 6.07) is 0. The first kappa shape index (κ1) is 129. The molecule has 50 nitrogen and oxygen atoms in total. The zero-order chi connectivity index (χ0) is 98.7. The van der Waals surface area contributed by atoms with E-state index in [0.717, 1.165) is 0 Å². The van der Waals surface area contributed by atoms with Crippen molar-refractivity contribution in [3.63, 3.8) is 0 Å². The van der Waals surface area contributed by atoms with Crippen molar-refractivity contribution in [2.75, 3.05) is 244 Å². The first-order valence-electron chi connectivity index (χ1n) is 41.3. The Kier molecular flexibility index (Phi) is 86.9. The smallest absolute Gasteiger partial charge is 0.434 e. The SMILES string of the molecule is CC(COCCOC(=O)OCCO)OCCOC(=O)OCCO.CC(COCCOCC(C)OC(=O)OCCO)OC(=O)OCCO.CC(O)COC(=O)OC(C)COCCOCC(C)OC(=O)OCC(C)O.CC(O)COC(=O)OCC(C)(C)COCC(C)OCC(C)(C)COC(=O)OCC(C)O.CC(O)COC(=O)OCCOCC(C)OCCOC(=O)OCC(C)O. The van der Waals surface area contributed by atoms with Gasteiger partial charge in [0.05, 0.1) is 194 Å². The van der Waals surface area contributed by atoms with Gasteiger partial charge in [-0.2, -0.15) is 0 Å². The average Bonchev–Trinajstić information content (AvgIpc) is 0.901. The second-order valence-corrected chi connectivity index (χ2v) is 29.2. The minimum absolute atomic E-state index is 0.0151. The Morgan fingerprint density at radius 1 is 0.194 bits per heavy atom. The number of carbonyl (C=O) groups is 10. The predicted octanol–water partition coefficient (Wildman–Crippen LogP) is 3.66. The van der Waals surface area contributed by atoms with Crippen LogP contribution < -0.4 is 0 Å². The Labute approximate surface area is 752 Å². The molecule has 764 valence electrons. The molecule has 0 saturated heterocycles. The highest BCUT2D eigenvalue weighted by atomic mass is 16.8. The van der Waals surface area contributed by atoms with Crippen molar-refractivity contribution in [3.05, 3.63) is 0 Å². The summed E-state index contributed by atoms with van der Waals surface area (Å²) < 4.78 is 148. The van der Waals surface area contributed by atoms with E-state index in [1.807, 2.05) is 34.6 Å². The maximum atomic E-state index is 11.5. The quantitative estimate of drug-likeness (QED) is 0.0236. The maximum Gasteiger partial charge on any atom is 0.508 e. The predicted molar refractivity (Wildman–Crippen MR) is 439 cm³/mol. The van der Waals surface area contributed by atoms with Crippen LogP contribution in [-0.4, -0.2) is 436 Å². The molecule has 0 radical (unpaired) electrons. The van der Waals surface area contributed by atoms with Gasteiger partial charge in [-0.15, -0.1) is 0 Å². The molecular formula is C79H148O50. The van der Waals surface area contributed by atoms with Gasteiger partial charge in [0.2, 0.25) is 0 Å². The van der Waals surface area contributed by atoms with Gasteiger partial charge in [0, 0.05) is 10.8 Å². The molecule has 13 unspecified atom stereocenters. The first-order chi connectivity index (χ1) is 60.8. The number of ether oxygens (including phenoxy) is 30. The van der Waals surface area contributed by atoms with Crippen molar-refractivity contribution < 1.29 is 241 Å². The second kappa shape index (κ2) is 86.6. The Hall–Kier alpha value is -8.10. The minimum atomic E-state index is -0.869.